The molecule has 5 saturated carbocycles. The van der Waals surface area contributed by atoms with Crippen LogP contribution < -0.4 is 5.32 Å². The van der Waals surface area contributed by atoms with Crippen LogP contribution in [0.1, 0.15) is 58.3 Å². The lowest BCUT2D eigenvalue weighted by Crippen LogP contribution is -2.52. The van der Waals surface area contributed by atoms with Crippen molar-refractivity contribution >= 4 is 0 Å². The standard InChI is InChI=1S/C16H27N/c1-2-17-11-15(3-4-15)16-8-12-5-13(9-16)7-14(6-12)10-16/h12-14,17H,2-11H2,1H3. The van der Waals surface area contributed by atoms with Crippen molar-refractivity contribution in [2.24, 2.45) is 28.6 Å². The molecule has 0 saturated heterocycles. The molecule has 0 aliphatic heterocycles. The molecule has 1 heteroatoms. The van der Waals surface area contributed by atoms with Crippen molar-refractivity contribution in [2.75, 3.05) is 13.1 Å². The Morgan fingerprint density at radius 2 is 1.47 bits per heavy atom. The fourth-order valence-corrected chi connectivity index (χ4v) is 6.17. The summed E-state index contributed by atoms with van der Waals surface area (Å²) in [5.41, 5.74) is 1.54. The van der Waals surface area contributed by atoms with Crippen LogP contribution in [-0.4, -0.2) is 13.1 Å². The predicted octanol–water partition coefficient (Wildman–Crippen LogP) is 3.59. The van der Waals surface area contributed by atoms with Gasteiger partial charge in [-0.05, 0) is 86.5 Å². The van der Waals surface area contributed by atoms with Crippen LogP contribution in [0.15, 0.2) is 0 Å². The Kier molecular flexibility index (Phi) is 2.23. The van der Waals surface area contributed by atoms with Crippen LogP contribution in [0.2, 0.25) is 0 Å². The molecule has 0 amide bonds. The molecule has 0 atom stereocenters. The Hall–Kier alpha value is -0.0400. The first-order valence-corrected chi connectivity index (χ1v) is 7.96. The molecule has 96 valence electrons. The first-order valence-electron chi connectivity index (χ1n) is 7.96. The zero-order valence-electron chi connectivity index (χ0n) is 11.3. The molecule has 0 radical (unpaired) electrons. The minimum Gasteiger partial charge on any atom is -0.316 e. The van der Waals surface area contributed by atoms with Crippen LogP contribution in [0.5, 0.6) is 0 Å². The quantitative estimate of drug-likeness (QED) is 0.782. The molecule has 5 fully saturated rings. The Labute approximate surface area is 106 Å². The van der Waals surface area contributed by atoms with E-state index in [-0.39, 0.29) is 0 Å². The summed E-state index contributed by atoms with van der Waals surface area (Å²) in [4.78, 5) is 0. The lowest BCUT2D eigenvalue weighted by molar-refractivity contribution is -0.0961. The zero-order valence-corrected chi connectivity index (χ0v) is 11.3. The summed E-state index contributed by atoms with van der Waals surface area (Å²) in [6.07, 6.45) is 12.7. The largest absolute Gasteiger partial charge is 0.316 e. The summed E-state index contributed by atoms with van der Waals surface area (Å²) in [5.74, 6) is 3.38. The summed E-state index contributed by atoms with van der Waals surface area (Å²) in [6, 6.07) is 0. The van der Waals surface area contributed by atoms with Gasteiger partial charge in [0.25, 0.3) is 0 Å². The van der Waals surface area contributed by atoms with Gasteiger partial charge in [-0.1, -0.05) is 6.92 Å². The van der Waals surface area contributed by atoms with Gasteiger partial charge < -0.3 is 5.32 Å². The summed E-state index contributed by atoms with van der Waals surface area (Å²) >= 11 is 0. The van der Waals surface area contributed by atoms with Crippen LogP contribution in [0, 0.1) is 28.6 Å². The van der Waals surface area contributed by atoms with E-state index >= 15 is 0 Å². The summed E-state index contributed by atoms with van der Waals surface area (Å²) in [5, 5.41) is 3.68. The van der Waals surface area contributed by atoms with Crippen molar-refractivity contribution in [1.29, 1.82) is 0 Å². The number of rotatable bonds is 4. The molecular weight excluding hydrogens is 206 g/mol. The third-order valence-electron chi connectivity index (χ3n) is 6.73. The highest BCUT2D eigenvalue weighted by molar-refractivity contribution is 5.15. The van der Waals surface area contributed by atoms with Crippen LogP contribution >= 0.6 is 0 Å². The Balaban J connectivity index is 1.60. The van der Waals surface area contributed by atoms with Gasteiger partial charge >= 0.3 is 0 Å². The van der Waals surface area contributed by atoms with E-state index in [0.717, 1.165) is 35.1 Å². The molecule has 0 aromatic carbocycles. The van der Waals surface area contributed by atoms with Gasteiger partial charge in [-0.15, -0.1) is 0 Å². The first kappa shape index (κ1) is 10.8. The van der Waals surface area contributed by atoms with Crippen molar-refractivity contribution in [3.8, 4) is 0 Å². The van der Waals surface area contributed by atoms with Gasteiger partial charge in [-0.3, -0.25) is 0 Å². The van der Waals surface area contributed by atoms with Crippen LogP contribution in [0.4, 0.5) is 0 Å². The molecule has 0 spiro atoms. The van der Waals surface area contributed by atoms with Gasteiger partial charge in [-0.2, -0.15) is 0 Å². The highest BCUT2D eigenvalue weighted by atomic mass is 14.9. The maximum absolute atomic E-state index is 3.68. The highest BCUT2D eigenvalue weighted by Gasteiger charge is 2.64. The van der Waals surface area contributed by atoms with Gasteiger partial charge in [0.05, 0.1) is 0 Å². The Bertz CT molecular complexity index is 280. The zero-order chi connectivity index (χ0) is 11.5. The number of hydrogen-bond acceptors (Lipinski definition) is 1. The monoisotopic (exact) mass is 233 g/mol. The molecule has 17 heavy (non-hydrogen) atoms. The maximum atomic E-state index is 3.68. The topological polar surface area (TPSA) is 12.0 Å². The van der Waals surface area contributed by atoms with Crippen molar-refractivity contribution in [3.05, 3.63) is 0 Å². The van der Waals surface area contributed by atoms with E-state index in [4.69, 9.17) is 0 Å². The summed E-state index contributed by atoms with van der Waals surface area (Å²) < 4.78 is 0. The normalized spacial score (nSPS) is 49.6. The molecule has 5 aliphatic rings. The van der Waals surface area contributed by atoms with E-state index in [1.54, 1.807) is 38.5 Å². The number of nitrogens with one attached hydrogen (secondary N) is 1. The van der Waals surface area contributed by atoms with Crippen LogP contribution in [0.25, 0.3) is 0 Å². The second kappa shape index (κ2) is 3.50. The van der Waals surface area contributed by atoms with Crippen LogP contribution in [-0.2, 0) is 0 Å². The molecule has 0 aromatic heterocycles. The van der Waals surface area contributed by atoms with E-state index in [9.17, 15) is 0 Å². The molecule has 0 aromatic rings. The fraction of sp³-hybridized carbons (Fsp3) is 1.00. The average molecular weight is 233 g/mol. The Morgan fingerprint density at radius 1 is 0.941 bits per heavy atom. The molecule has 0 unspecified atom stereocenters. The minimum absolute atomic E-state index is 0.749. The third-order valence-corrected chi connectivity index (χ3v) is 6.73. The second-order valence-electron chi connectivity index (χ2n) is 7.76. The second-order valence-corrected chi connectivity index (χ2v) is 7.76. The molecule has 1 N–H and O–H groups in total. The number of hydrogen-bond donors (Lipinski definition) is 1. The third kappa shape index (κ3) is 1.47. The SMILES string of the molecule is CCNCC1(C23CC4CC(CC(C4)C2)C3)CC1. The minimum atomic E-state index is 0.749. The highest BCUT2D eigenvalue weighted by Crippen LogP contribution is 2.72. The van der Waals surface area contributed by atoms with Crippen molar-refractivity contribution in [2.45, 2.75) is 58.3 Å². The van der Waals surface area contributed by atoms with Gasteiger partial charge in [0.1, 0.15) is 0 Å². The molecular formula is C16H27N. The van der Waals surface area contributed by atoms with E-state index in [2.05, 4.69) is 12.2 Å². The molecule has 1 nitrogen and oxygen atoms in total. The fourth-order valence-electron chi connectivity index (χ4n) is 6.17. The van der Waals surface area contributed by atoms with Crippen molar-refractivity contribution < 1.29 is 0 Å². The van der Waals surface area contributed by atoms with Crippen molar-refractivity contribution in [3.63, 3.8) is 0 Å². The lowest BCUT2D eigenvalue weighted by atomic mass is 9.45. The van der Waals surface area contributed by atoms with E-state index in [1.165, 1.54) is 19.4 Å². The van der Waals surface area contributed by atoms with Crippen molar-refractivity contribution in [1.82, 2.24) is 5.32 Å². The smallest absolute Gasteiger partial charge is 0.00130 e. The first-order chi connectivity index (χ1) is 8.25. The lowest BCUT2D eigenvalue weighted by Gasteiger charge is -2.60. The summed E-state index contributed by atoms with van der Waals surface area (Å²) in [7, 11) is 0. The maximum Gasteiger partial charge on any atom is 0.00130 e. The predicted molar refractivity (Wildman–Crippen MR) is 70.8 cm³/mol. The Morgan fingerprint density at radius 3 is 1.88 bits per heavy atom. The molecule has 0 heterocycles. The van der Waals surface area contributed by atoms with Gasteiger partial charge in [0.2, 0.25) is 0 Å². The van der Waals surface area contributed by atoms with Gasteiger partial charge in [-0.25, -0.2) is 0 Å². The summed E-state index contributed by atoms with van der Waals surface area (Å²) in [6.45, 7) is 4.75. The van der Waals surface area contributed by atoms with Gasteiger partial charge in [0.15, 0.2) is 0 Å². The molecule has 5 aliphatic carbocycles. The molecule has 5 rings (SSSR count). The van der Waals surface area contributed by atoms with E-state index in [1.807, 2.05) is 0 Å². The van der Waals surface area contributed by atoms with E-state index in [0.29, 0.717) is 0 Å². The van der Waals surface area contributed by atoms with Gasteiger partial charge in [0, 0.05) is 6.54 Å². The van der Waals surface area contributed by atoms with E-state index < -0.39 is 0 Å². The van der Waals surface area contributed by atoms with Crippen LogP contribution in [0.3, 0.4) is 0 Å². The molecule has 4 bridgehead atoms. The average Bonchev–Trinajstić information content (AvgIpc) is 3.06.